The number of para-hydroxylation sites is 1. The fourth-order valence-corrected chi connectivity index (χ4v) is 5.77. The largest absolute Gasteiger partial charge is 0.433 e. The second-order valence-corrected chi connectivity index (χ2v) is 8.76. The molecule has 2 fully saturated rings. The van der Waals surface area contributed by atoms with Gasteiger partial charge in [-0.25, -0.2) is 9.97 Å². The zero-order valence-electron chi connectivity index (χ0n) is 15.3. The van der Waals surface area contributed by atoms with Crippen LogP contribution in [0.2, 0.25) is 0 Å². The van der Waals surface area contributed by atoms with Crippen LogP contribution in [-0.2, 0) is 12.4 Å². The Balaban J connectivity index is 1.64. The second kappa shape index (κ2) is 6.57. The molecule has 0 N–H and O–H groups in total. The number of fused-ring (bicyclic) bond motifs is 3. The summed E-state index contributed by atoms with van der Waals surface area (Å²) in [6.07, 6.45) is -7.58. The average Bonchev–Trinajstić information content (AvgIpc) is 3.39. The molecule has 30 heavy (non-hydrogen) atoms. The van der Waals surface area contributed by atoms with Gasteiger partial charge in [0.25, 0.3) is 0 Å². The maximum absolute atomic E-state index is 13.3. The van der Waals surface area contributed by atoms with Gasteiger partial charge in [0.15, 0.2) is 0 Å². The predicted octanol–water partition coefficient (Wildman–Crippen LogP) is 6.46. The molecule has 0 amide bonds. The normalized spacial score (nSPS) is 24.2. The number of piperidine rings is 1. The lowest BCUT2D eigenvalue weighted by Crippen LogP contribution is -2.36. The first-order valence-corrected chi connectivity index (χ1v) is 10.2. The SMILES string of the molecule is FC(F)(F)c1cc(N2[C@@H]3CC[C@@H](C3)[C@H]2c2nc3ccccc3s2)nc(C(F)(F)F)c1. The summed E-state index contributed by atoms with van der Waals surface area (Å²) in [5.41, 5.74) is -2.10. The van der Waals surface area contributed by atoms with Gasteiger partial charge in [-0.05, 0) is 49.4 Å². The van der Waals surface area contributed by atoms with Crippen molar-refractivity contribution in [1.82, 2.24) is 9.97 Å². The van der Waals surface area contributed by atoms with Gasteiger partial charge in [-0.2, -0.15) is 26.3 Å². The summed E-state index contributed by atoms with van der Waals surface area (Å²) in [4.78, 5) is 9.90. The van der Waals surface area contributed by atoms with Gasteiger partial charge in [0.2, 0.25) is 0 Å². The first-order chi connectivity index (χ1) is 14.1. The minimum absolute atomic E-state index is 0.0739. The van der Waals surface area contributed by atoms with E-state index in [0.717, 1.165) is 22.7 Å². The molecule has 1 aromatic carbocycles. The van der Waals surface area contributed by atoms with Crippen LogP contribution in [0.3, 0.4) is 0 Å². The van der Waals surface area contributed by atoms with Crippen molar-refractivity contribution in [3.63, 3.8) is 0 Å². The molecule has 0 spiro atoms. The van der Waals surface area contributed by atoms with E-state index in [0.29, 0.717) is 17.8 Å². The zero-order valence-corrected chi connectivity index (χ0v) is 16.2. The number of hydrogen-bond acceptors (Lipinski definition) is 4. The number of benzene rings is 1. The second-order valence-electron chi connectivity index (χ2n) is 7.69. The van der Waals surface area contributed by atoms with Crippen LogP contribution in [0.1, 0.15) is 41.6 Å². The van der Waals surface area contributed by atoms with Crippen molar-refractivity contribution in [2.75, 3.05) is 4.90 Å². The molecule has 3 atom stereocenters. The number of hydrogen-bond donors (Lipinski definition) is 0. The summed E-state index contributed by atoms with van der Waals surface area (Å²) in [7, 11) is 0. The van der Waals surface area contributed by atoms with Crippen molar-refractivity contribution >= 4 is 27.4 Å². The van der Waals surface area contributed by atoms with Crippen molar-refractivity contribution in [3.8, 4) is 0 Å². The molecule has 1 aliphatic carbocycles. The van der Waals surface area contributed by atoms with E-state index in [1.807, 2.05) is 24.3 Å². The highest BCUT2D eigenvalue weighted by molar-refractivity contribution is 7.18. The summed E-state index contributed by atoms with van der Waals surface area (Å²) in [6.45, 7) is 0. The van der Waals surface area contributed by atoms with Crippen molar-refractivity contribution in [2.24, 2.45) is 5.92 Å². The van der Waals surface area contributed by atoms with Gasteiger partial charge in [0.1, 0.15) is 16.5 Å². The Kier molecular flexibility index (Phi) is 4.29. The molecule has 0 unspecified atom stereocenters. The Morgan fingerprint density at radius 1 is 0.933 bits per heavy atom. The number of pyridine rings is 1. The van der Waals surface area contributed by atoms with Crippen molar-refractivity contribution in [1.29, 1.82) is 0 Å². The van der Waals surface area contributed by atoms with Crippen LogP contribution in [0.5, 0.6) is 0 Å². The van der Waals surface area contributed by atoms with Gasteiger partial charge in [-0.3, -0.25) is 0 Å². The molecular formula is C20H15F6N3S. The molecule has 2 aliphatic rings. The number of anilines is 1. The molecule has 3 heterocycles. The first kappa shape index (κ1) is 19.6. The smallest absolute Gasteiger partial charge is 0.344 e. The maximum atomic E-state index is 13.3. The molecule has 1 aliphatic heterocycles. The third kappa shape index (κ3) is 3.21. The van der Waals surface area contributed by atoms with Crippen LogP contribution >= 0.6 is 11.3 Å². The third-order valence-corrected chi connectivity index (χ3v) is 6.95. The number of rotatable bonds is 2. The highest BCUT2D eigenvalue weighted by Gasteiger charge is 2.49. The first-order valence-electron chi connectivity index (χ1n) is 9.41. The number of thiazole rings is 1. The van der Waals surface area contributed by atoms with E-state index in [9.17, 15) is 26.3 Å². The summed E-state index contributed by atoms with van der Waals surface area (Å²) < 4.78 is 80.9. The zero-order chi connectivity index (χ0) is 21.3. The van der Waals surface area contributed by atoms with E-state index in [-0.39, 0.29) is 29.9 Å². The van der Waals surface area contributed by atoms with Gasteiger partial charge in [-0.15, -0.1) is 11.3 Å². The lowest BCUT2D eigenvalue weighted by molar-refractivity contribution is -0.145. The Labute approximate surface area is 171 Å². The molecule has 3 aromatic rings. The number of aromatic nitrogens is 2. The molecule has 0 radical (unpaired) electrons. The molecule has 10 heteroatoms. The monoisotopic (exact) mass is 443 g/mol. The fraction of sp³-hybridized carbons (Fsp3) is 0.400. The van der Waals surface area contributed by atoms with Crippen LogP contribution < -0.4 is 4.90 Å². The van der Waals surface area contributed by atoms with E-state index >= 15 is 0 Å². The molecule has 1 saturated heterocycles. The van der Waals surface area contributed by atoms with Crippen molar-refractivity contribution < 1.29 is 26.3 Å². The molecular weight excluding hydrogens is 428 g/mol. The van der Waals surface area contributed by atoms with E-state index in [1.54, 1.807) is 4.90 Å². The standard InChI is InChI=1S/C20H15F6N3S/c21-19(22,23)11-8-15(20(24,25)26)28-16(9-11)29-12-6-5-10(7-12)17(29)18-27-13-3-1-2-4-14(13)30-18/h1-4,8-10,12,17H,5-7H2/t10-,12+,17-/m0/s1. The molecule has 1 saturated carbocycles. The highest BCUT2D eigenvalue weighted by Crippen LogP contribution is 2.53. The predicted molar refractivity (Wildman–Crippen MR) is 100 cm³/mol. The van der Waals surface area contributed by atoms with E-state index in [1.165, 1.54) is 11.3 Å². The van der Waals surface area contributed by atoms with E-state index in [2.05, 4.69) is 9.97 Å². The van der Waals surface area contributed by atoms with Gasteiger partial charge < -0.3 is 4.90 Å². The van der Waals surface area contributed by atoms with Crippen LogP contribution in [0.15, 0.2) is 36.4 Å². The fourth-order valence-electron chi connectivity index (χ4n) is 4.61. The topological polar surface area (TPSA) is 29.0 Å². The highest BCUT2D eigenvalue weighted by atomic mass is 32.1. The van der Waals surface area contributed by atoms with Gasteiger partial charge in [0, 0.05) is 6.04 Å². The van der Waals surface area contributed by atoms with Gasteiger partial charge in [0.05, 0.1) is 21.8 Å². The van der Waals surface area contributed by atoms with Crippen molar-refractivity contribution in [3.05, 3.63) is 52.7 Å². The van der Waals surface area contributed by atoms with E-state index in [4.69, 9.17) is 0 Å². The van der Waals surface area contributed by atoms with Crippen molar-refractivity contribution in [2.45, 2.75) is 43.7 Å². The average molecular weight is 443 g/mol. The van der Waals surface area contributed by atoms with E-state index < -0.39 is 23.6 Å². The quantitative estimate of drug-likeness (QED) is 0.426. The Hall–Kier alpha value is -2.36. The molecule has 2 aromatic heterocycles. The maximum Gasteiger partial charge on any atom is 0.433 e. The number of nitrogens with zero attached hydrogens (tertiary/aromatic N) is 3. The lowest BCUT2D eigenvalue weighted by Gasteiger charge is -2.35. The number of halogens is 6. The molecule has 158 valence electrons. The molecule has 3 nitrogen and oxygen atoms in total. The Morgan fingerprint density at radius 3 is 2.40 bits per heavy atom. The summed E-state index contributed by atoms with van der Waals surface area (Å²) in [5, 5.41) is 0.705. The van der Waals surface area contributed by atoms with Crippen LogP contribution in [-0.4, -0.2) is 16.0 Å². The third-order valence-electron chi connectivity index (χ3n) is 5.84. The molecule has 5 rings (SSSR count). The summed E-state index contributed by atoms with van der Waals surface area (Å²) in [5.74, 6) is -0.158. The molecule has 2 bridgehead atoms. The Morgan fingerprint density at radius 2 is 1.70 bits per heavy atom. The number of alkyl halides is 6. The summed E-state index contributed by atoms with van der Waals surface area (Å²) in [6, 6.07) is 7.74. The Bertz CT molecular complexity index is 1040. The minimum Gasteiger partial charge on any atom is -0.344 e. The van der Waals surface area contributed by atoms with Crippen LogP contribution in [0, 0.1) is 5.92 Å². The lowest BCUT2D eigenvalue weighted by atomic mass is 9.99. The van der Waals surface area contributed by atoms with Crippen LogP contribution in [0.25, 0.3) is 10.2 Å². The van der Waals surface area contributed by atoms with Crippen LogP contribution in [0.4, 0.5) is 32.2 Å². The summed E-state index contributed by atoms with van der Waals surface area (Å²) >= 11 is 1.43. The van der Waals surface area contributed by atoms with Gasteiger partial charge >= 0.3 is 12.4 Å². The minimum atomic E-state index is -4.97. The van der Waals surface area contributed by atoms with Gasteiger partial charge in [-0.1, -0.05) is 12.1 Å².